The Labute approximate surface area is 115 Å². The van der Waals surface area contributed by atoms with Crippen molar-refractivity contribution in [2.45, 2.75) is 50.5 Å². The van der Waals surface area contributed by atoms with Gasteiger partial charge in [-0.2, -0.15) is 0 Å². The van der Waals surface area contributed by atoms with Gasteiger partial charge in [0, 0.05) is 6.04 Å². The third-order valence-electron chi connectivity index (χ3n) is 3.82. The van der Waals surface area contributed by atoms with Crippen LogP contribution in [0, 0.1) is 12.8 Å². The highest BCUT2D eigenvalue weighted by Gasteiger charge is 2.23. The van der Waals surface area contributed by atoms with E-state index in [9.17, 15) is 8.42 Å². The van der Waals surface area contributed by atoms with Gasteiger partial charge in [-0.05, 0) is 37.8 Å². The van der Waals surface area contributed by atoms with E-state index in [0.717, 1.165) is 24.8 Å². The minimum Gasteiger partial charge on any atom is -0.241 e. The van der Waals surface area contributed by atoms with Gasteiger partial charge in [0.15, 0.2) is 0 Å². The van der Waals surface area contributed by atoms with Crippen LogP contribution in [0.25, 0.3) is 0 Å². The van der Waals surface area contributed by atoms with E-state index >= 15 is 0 Å². The summed E-state index contributed by atoms with van der Waals surface area (Å²) < 4.78 is 24.2. The molecule has 0 heterocycles. The first-order chi connectivity index (χ1) is 8.99. The van der Waals surface area contributed by atoms with Gasteiger partial charge in [0.2, 0.25) is 0 Å². The first-order valence-corrected chi connectivity index (χ1v) is 8.31. The van der Waals surface area contributed by atoms with Crippen molar-refractivity contribution < 1.29 is 8.42 Å². The standard InChI is InChI=1S/C14H22N2O2S/c1-11-7-9-13(10-8-11)19(17,18)16-15-14-6-4-3-5-12(14)2/h7-10,12,14-16H,3-6H2,1-2H3. The molecule has 0 aromatic heterocycles. The lowest BCUT2D eigenvalue weighted by Gasteiger charge is -2.29. The molecule has 1 fully saturated rings. The molecular formula is C14H22N2O2S. The largest absolute Gasteiger partial charge is 0.253 e. The van der Waals surface area contributed by atoms with E-state index in [4.69, 9.17) is 0 Å². The zero-order chi connectivity index (χ0) is 13.9. The molecule has 1 saturated carbocycles. The molecule has 5 heteroatoms. The topological polar surface area (TPSA) is 58.2 Å². The van der Waals surface area contributed by atoms with Crippen molar-refractivity contribution in [1.82, 2.24) is 10.3 Å². The van der Waals surface area contributed by atoms with E-state index in [1.54, 1.807) is 24.3 Å². The Morgan fingerprint density at radius 1 is 1.11 bits per heavy atom. The molecule has 0 radical (unpaired) electrons. The molecule has 2 rings (SSSR count). The Kier molecular flexibility index (Phi) is 4.60. The van der Waals surface area contributed by atoms with Gasteiger partial charge in [0.25, 0.3) is 10.0 Å². The number of aryl methyl sites for hydroxylation is 1. The van der Waals surface area contributed by atoms with Crippen molar-refractivity contribution in [2.24, 2.45) is 5.92 Å². The molecule has 106 valence electrons. The summed E-state index contributed by atoms with van der Waals surface area (Å²) in [6.45, 7) is 4.10. The Bertz CT molecular complexity index is 511. The Hall–Kier alpha value is -0.910. The van der Waals surface area contributed by atoms with Crippen LogP contribution in [0.15, 0.2) is 29.2 Å². The van der Waals surface area contributed by atoms with E-state index in [1.807, 2.05) is 6.92 Å². The number of sulfonamides is 1. The second kappa shape index (κ2) is 6.03. The normalized spacial score (nSPS) is 24.3. The minimum atomic E-state index is -3.46. The van der Waals surface area contributed by atoms with Gasteiger partial charge < -0.3 is 0 Å². The number of hydrogen-bond acceptors (Lipinski definition) is 3. The van der Waals surface area contributed by atoms with Crippen LogP contribution in [0.4, 0.5) is 0 Å². The molecule has 2 atom stereocenters. The average Bonchev–Trinajstić information content (AvgIpc) is 2.38. The monoisotopic (exact) mass is 282 g/mol. The smallest absolute Gasteiger partial charge is 0.241 e. The average molecular weight is 282 g/mol. The third kappa shape index (κ3) is 3.78. The fourth-order valence-corrected chi connectivity index (χ4v) is 3.38. The fourth-order valence-electron chi connectivity index (χ4n) is 2.46. The predicted molar refractivity (Wildman–Crippen MR) is 76.1 cm³/mol. The number of rotatable bonds is 4. The Morgan fingerprint density at radius 3 is 2.37 bits per heavy atom. The van der Waals surface area contributed by atoms with Crippen LogP contribution in [0.5, 0.6) is 0 Å². The molecule has 0 bridgehead atoms. The van der Waals surface area contributed by atoms with Crippen molar-refractivity contribution in [2.75, 3.05) is 0 Å². The number of hydrazine groups is 1. The molecule has 0 aliphatic heterocycles. The highest BCUT2D eigenvalue weighted by molar-refractivity contribution is 7.89. The van der Waals surface area contributed by atoms with Crippen LogP contribution in [0.3, 0.4) is 0 Å². The first kappa shape index (κ1) is 14.5. The van der Waals surface area contributed by atoms with Gasteiger partial charge in [-0.1, -0.05) is 37.5 Å². The van der Waals surface area contributed by atoms with Gasteiger partial charge in [-0.15, -0.1) is 4.83 Å². The van der Waals surface area contributed by atoms with Crippen molar-refractivity contribution in [3.05, 3.63) is 29.8 Å². The summed E-state index contributed by atoms with van der Waals surface area (Å²) in [5.41, 5.74) is 4.04. The molecular weight excluding hydrogens is 260 g/mol. The molecule has 1 aromatic rings. The maximum absolute atomic E-state index is 12.1. The van der Waals surface area contributed by atoms with Crippen molar-refractivity contribution in [3.8, 4) is 0 Å². The summed E-state index contributed by atoms with van der Waals surface area (Å²) in [5, 5.41) is 0. The van der Waals surface area contributed by atoms with E-state index < -0.39 is 10.0 Å². The highest BCUT2D eigenvalue weighted by atomic mass is 32.2. The number of nitrogens with one attached hydrogen (secondary N) is 2. The molecule has 0 saturated heterocycles. The van der Waals surface area contributed by atoms with Crippen LogP contribution in [0.2, 0.25) is 0 Å². The van der Waals surface area contributed by atoms with Crippen molar-refractivity contribution in [3.63, 3.8) is 0 Å². The molecule has 0 amide bonds. The molecule has 2 unspecified atom stereocenters. The summed E-state index contributed by atoms with van der Waals surface area (Å²) in [6, 6.07) is 7.09. The number of hydrogen-bond donors (Lipinski definition) is 2. The van der Waals surface area contributed by atoms with Crippen LogP contribution in [-0.4, -0.2) is 14.5 Å². The maximum Gasteiger partial charge on any atom is 0.253 e. The van der Waals surface area contributed by atoms with Crippen molar-refractivity contribution in [1.29, 1.82) is 0 Å². The second-order valence-electron chi connectivity index (χ2n) is 5.43. The third-order valence-corrected chi connectivity index (χ3v) is 5.10. The predicted octanol–water partition coefficient (Wildman–Crippen LogP) is 2.36. The van der Waals surface area contributed by atoms with Crippen LogP contribution in [0.1, 0.15) is 38.2 Å². The number of benzene rings is 1. The van der Waals surface area contributed by atoms with Crippen LogP contribution >= 0.6 is 0 Å². The maximum atomic E-state index is 12.1. The molecule has 1 aromatic carbocycles. The molecule has 1 aliphatic rings. The summed E-state index contributed by atoms with van der Waals surface area (Å²) in [4.78, 5) is 2.82. The summed E-state index contributed by atoms with van der Waals surface area (Å²) >= 11 is 0. The second-order valence-corrected chi connectivity index (χ2v) is 7.11. The molecule has 1 aliphatic carbocycles. The Morgan fingerprint density at radius 2 is 1.74 bits per heavy atom. The molecule has 19 heavy (non-hydrogen) atoms. The SMILES string of the molecule is Cc1ccc(S(=O)(=O)NNC2CCCCC2C)cc1. The molecule has 2 N–H and O–H groups in total. The Balaban J connectivity index is 1.99. The van der Waals surface area contributed by atoms with Gasteiger partial charge in [0.1, 0.15) is 0 Å². The van der Waals surface area contributed by atoms with E-state index in [-0.39, 0.29) is 6.04 Å². The zero-order valence-electron chi connectivity index (χ0n) is 11.5. The lowest BCUT2D eigenvalue weighted by Crippen LogP contribution is -2.48. The first-order valence-electron chi connectivity index (χ1n) is 6.83. The highest BCUT2D eigenvalue weighted by Crippen LogP contribution is 2.23. The quantitative estimate of drug-likeness (QED) is 0.834. The van der Waals surface area contributed by atoms with Gasteiger partial charge in [-0.3, -0.25) is 0 Å². The molecule has 0 spiro atoms. The minimum absolute atomic E-state index is 0.231. The van der Waals surface area contributed by atoms with E-state index in [0.29, 0.717) is 10.8 Å². The zero-order valence-corrected chi connectivity index (χ0v) is 12.3. The van der Waals surface area contributed by atoms with Crippen LogP contribution < -0.4 is 10.3 Å². The van der Waals surface area contributed by atoms with Crippen LogP contribution in [-0.2, 0) is 10.0 Å². The van der Waals surface area contributed by atoms with Gasteiger partial charge >= 0.3 is 0 Å². The van der Waals surface area contributed by atoms with Crippen molar-refractivity contribution >= 4 is 10.0 Å². The summed E-state index contributed by atoms with van der Waals surface area (Å²) in [7, 11) is -3.46. The van der Waals surface area contributed by atoms with E-state index in [2.05, 4.69) is 17.2 Å². The van der Waals surface area contributed by atoms with E-state index in [1.165, 1.54) is 6.42 Å². The lowest BCUT2D eigenvalue weighted by atomic mass is 9.86. The van der Waals surface area contributed by atoms with Gasteiger partial charge in [0.05, 0.1) is 4.90 Å². The summed E-state index contributed by atoms with van der Waals surface area (Å²) in [6.07, 6.45) is 4.58. The fraction of sp³-hybridized carbons (Fsp3) is 0.571. The lowest BCUT2D eigenvalue weighted by molar-refractivity contribution is 0.273. The van der Waals surface area contributed by atoms with Gasteiger partial charge in [-0.25, -0.2) is 13.8 Å². The summed E-state index contributed by atoms with van der Waals surface area (Å²) in [5.74, 6) is 0.509. The molecule has 4 nitrogen and oxygen atoms in total.